The van der Waals surface area contributed by atoms with Crippen LogP contribution in [0.3, 0.4) is 0 Å². The summed E-state index contributed by atoms with van der Waals surface area (Å²) in [6.45, 7) is 3.44. The van der Waals surface area contributed by atoms with Gasteiger partial charge in [0.2, 0.25) is 0 Å². The molecule has 1 aliphatic rings. The van der Waals surface area contributed by atoms with Gasteiger partial charge in [-0.05, 0) is 30.7 Å². The average molecular weight is 347 g/mol. The lowest BCUT2D eigenvalue weighted by atomic mass is 10.0. The quantitative estimate of drug-likeness (QED) is 0.922. The number of benzene rings is 1. The molecule has 2 unspecified atom stereocenters. The number of pyridine rings is 1. The molecular weight excluding hydrogens is 328 g/mol. The van der Waals surface area contributed by atoms with Gasteiger partial charge in [0.15, 0.2) is 17.7 Å². The summed E-state index contributed by atoms with van der Waals surface area (Å²) in [5.41, 5.74) is 0.933. The van der Waals surface area contributed by atoms with E-state index in [-0.39, 0.29) is 17.7 Å². The Hall–Kier alpha value is -2.54. The number of amides is 1. The predicted octanol–water partition coefficient (Wildman–Crippen LogP) is 2.30. The lowest BCUT2D eigenvalue weighted by Crippen LogP contribution is -2.52. The van der Waals surface area contributed by atoms with Crippen LogP contribution in [-0.2, 0) is 4.79 Å². The third-order valence-corrected chi connectivity index (χ3v) is 4.15. The molecule has 1 saturated heterocycles. The van der Waals surface area contributed by atoms with E-state index in [2.05, 4.69) is 10.3 Å². The molecule has 2 aromatic rings. The van der Waals surface area contributed by atoms with Gasteiger partial charge in [0.05, 0.1) is 6.04 Å². The van der Waals surface area contributed by atoms with Crippen LogP contribution < -0.4 is 10.1 Å². The van der Waals surface area contributed by atoms with Crippen LogP contribution in [-0.4, -0.2) is 41.5 Å². The molecule has 0 aliphatic carbocycles. The largest absolute Gasteiger partial charge is 0.481 e. The van der Waals surface area contributed by atoms with Crippen molar-refractivity contribution in [2.24, 2.45) is 0 Å². The zero-order valence-electron chi connectivity index (χ0n) is 13.8. The highest BCUT2D eigenvalue weighted by Crippen LogP contribution is 2.24. The summed E-state index contributed by atoms with van der Waals surface area (Å²) in [7, 11) is 0. The summed E-state index contributed by atoms with van der Waals surface area (Å²) in [5.74, 6) is -2.05. The van der Waals surface area contributed by atoms with E-state index in [0.717, 1.165) is 17.7 Å². The number of ether oxygens (including phenoxy) is 1. The van der Waals surface area contributed by atoms with Crippen molar-refractivity contribution in [3.05, 3.63) is 59.9 Å². The Labute approximate surface area is 144 Å². The predicted molar refractivity (Wildman–Crippen MR) is 88.0 cm³/mol. The van der Waals surface area contributed by atoms with Crippen LogP contribution >= 0.6 is 0 Å². The molecule has 0 bridgehead atoms. The van der Waals surface area contributed by atoms with E-state index in [1.807, 2.05) is 12.1 Å². The highest BCUT2D eigenvalue weighted by atomic mass is 19.2. The smallest absolute Gasteiger partial charge is 0.263 e. The highest BCUT2D eigenvalue weighted by molar-refractivity contribution is 5.81. The molecule has 2 atom stereocenters. The normalized spacial score (nSPS) is 18.7. The van der Waals surface area contributed by atoms with Gasteiger partial charge in [-0.25, -0.2) is 8.78 Å². The van der Waals surface area contributed by atoms with Crippen LogP contribution in [0.2, 0.25) is 0 Å². The van der Waals surface area contributed by atoms with Gasteiger partial charge in [-0.1, -0.05) is 6.07 Å². The SMILES string of the molecule is CC(Oc1ccc(F)c(F)c1)C(=O)N1CCNCC1c1cccnc1. The summed E-state index contributed by atoms with van der Waals surface area (Å²) >= 11 is 0. The zero-order chi connectivity index (χ0) is 17.8. The fourth-order valence-corrected chi connectivity index (χ4v) is 2.88. The highest BCUT2D eigenvalue weighted by Gasteiger charge is 2.31. The lowest BCUT2D eigenvalue weighted by molar-refractivity contribution is -0.141. The first-order valence-corrected chi connectivity index (χ1v) is 8.09. The number of nitrogens with zero attached hydrogens (tertiary/aromatic N) is 2. The Balaban J connectivity index is 1.74. The first-order valence-electron chi connectivity index (χ1n) is 8.09. The Morgan fingerprint density at radius 3 is 2.92 bits per heavy atom. The number of rotatable bonds is 4. The van der Waals surface area contributed by atoms with E-state index in [9.17, 15) is 13.6 Å². The Morgan fingerprint density at radius 1 is 1.36 bits per heavy atom. The second-order valence-electron chi connectivity index (χ2n) is 5.87. The van der Waals surface area contributed by atoms with E-state index in [1.54, 1.807) is 24.2 Å². The molecule has 1 aliphatic heterocycles. The van der Waals surface area contributed by atoms with Crippen molar-refractivity contribution in [2.75, 3.05) is 19.6 Å². The second-order valence-corrected chi connectivity index (χ2v) is 5.87. The molecule has 0 saturated carbocycles. The van der Waals surface area contributed by atoms with E-state index >= 15 is 0 Å². The van der Waals surface area contributed by atoms with Crippen LogP contribution in [0.5, 0.6) is 5.75 Å². The van der Waals surface area contributed by atoms with Crippen LogP contribution in [0.25, 0.3) is 0 Å². The molecule has 132 valence electrons. The number of hydrogen-bond donors (Lipinski definition) is 1. The first-order chi connectivity index (χ1) is 12.1. The van der Waals surface area contributed by atoms with Crippen LogP contribution in [0.4, 0.5) is 8.78 Å². The number of piperazine rings is 1. The maximum absolute atomic E-state index is 13.3. The van der Waals surface area contributed by atoms with Crippen molar-refractivity contribution >= 4 is 5.91 Å². The van der Waals surface area contributed by atoms with Crippen molar-refractivity contribution in [2.45, 2.75) is 19.1 Å². The average Bonchev–Trinajstić information content (AvgIpc) is 2.65. The summed E-state index contributed by atoms with van der Waals surface area (Å²) in [4.78, 5) is 18.7. The first kappa shape index (κ1) is 17.3. The van der Waals surface area contributed by atoms with Crippen LogP contribution in [0.15, 0.2) is 42.7 Å². The molecular formula is C18H19F2N3O2. The molecule has 1 fully saturated rings. The standard InChI is InChI=1S/C18H19F2N3O2/c1-12(25-14-4-5-15(19)16(20)9-14)18(24)23-8-7-22-11-17(23)13-3-2-6-21-10-13/h2-6,9-10,12,17,22H,7-8,11H2,1H3. The van der Waals surface area contributed by atoms with Crippen molar-refractivity contribution in [1.82, 2.24) is 15.2 Å². The van der Waals surface area contributed by atoms with Gasteiger partial charge in [-0.3, -0.25) is 9.78 Å². The summed E-state index contributed by atoms with van der Waals surface area (Å²) in [6.07, 6.45) is 2.60. The maximum Gasteiger partial charge on any atom is 0.263 e. The number of aromatic nitrogens is 1. The molecule has 1 N–H and O–H groups in total. The topological polar surface area (TPSA) is 54.5 Å². The minimum Gasteiger partial charge on any atom is -0.481 e. The van der Waals surface area contributed by atoms with Gasteiger partial charge in [-0.2, -0.15) is 0 Å². The lowest BCUT2D eigenvalue weighted by Gasteiger charge is -2.37. The van der Waals surface area contributed by atoms with Crippen LogP contribution in [0, 0.1) is 11.6 Å². The van der Waals surface area contributed by atoms with Gasteiger partial charge in [0.1, 0.15) is 5.75 Å². The van der Waals surface area contributed by atoms with Gasteiger partial charge in [-0.15, -0.1) is 0 Å². The van der Waals surface area contributed by atoms with Crippen molar-refractivity contribution in [1.29, 1.82) is 0 Å². The second kappa shape index (κ2) is 7.57. The molecule has 2 heterocycles. The molecule has 1 amide bonds. The van der Waals surface area contributed by atoms with Crippen molar-refractivity contribution in [3.63, 3.8) is 0 Å². The minimum absolute atomic E-state index is 0.118. The van der Waals surface area contributed by atoms with E-state index in [0.29, 0.717) is 19.6 Å². The molecule has 3 rings (SSSR count). The molecule has 7 heteroatoms. The van der Waals surface area contributed by atoms with E-state index < -0.39 is 17.7 Å². The maximum atomic E-state index is 13.3. The van der Waals surface area contributed by atoms with Crippen LogP contribution in [0.1, 0.15) is 18.5 Å². The molecule has 1 aromatic carbocycles. The van der Waals surface area contributed by atoms with Gasteiger partial charge >= 0.3 is 0 Å². The molecule has 25 heavy (non-hydrogen) atoms. The summed E-state index contributed by atoms with van der Waals surface area (Å²) in [5, 5.41) is 3.27. The molecule has 0 radical (unpaired) electrons. The summed E-state index contributed by atoms with van der Waals surface area (Å²) in [6, 6.07) is 6.82. The fraction of sp³-hybridized carbons (Fsp3) is 0.333. The molecule has 1 aromatic heterocycles. The number of nitrogens with one attached hydrogen (secondary N) is 1. The number of halogens is 2. The monoisotopic (exact) mass is 347 g/mol. The van der Waals surface area contributed by atoms with Gasteiger partial charge < -0.3 is 15.0 Å². The zero-order valence-corrected chi connectivity index (χ0v) is 13.8. The third-order valence-electron chi connectivity index (χ3n) is 4.15. The number of hydrogen-bond acceptors (Lipinski definition) is 4. The van der Waals surface area contributed by atoms with Gasteiger partial charge in [0, 0.05) is 38.1 Å². The number of carbonyl (C=O) groups excluding carboxylic acids is 1. The minimum atomic E-state index is -1.01. The summed E-state index contributed by atoms with van der Waals surface area (Å²) < 4.78 is 31.8. The Kier molecular flexibility index (Phi) is 5.23. The fourth-order valence-electron chi connectivity index (χ4n) is 2.88. The Bertz CT molecular complexity index is 742. The Morgan fingerprint density at radius 2 is 2.20 bits per heavy atom. The molecule has 5 nitrogen and oxygen atoms in total. The van der Waals surface area contributed by atoms with Gasteiger partial charge in [0.25, 0.3) is 5.91 Å². The van der Waals surface area contributed by atoms with Crippen molar-refractivity contribution < 1.29 is 18.3 Å². The number of carbonyl (C=O) groups is 1. The molecule has 0 spiro atoms. The van der Waals surface area contributed by atoms with E-state index in [4.69, 9.17) is 4.74 Å². The van der Waals surface area contributed by atoms with Crippen molar-refractivity contribution in [3.8, 4) is 5.75 Å². The van der Waals surface area contributed by atoms with E-state index in [1.165, 1.54) is 6.07 Å². The third kappa shape index (κ3) is 3.93.